The summed E-state index contributed by atoms with van der Waals surface area (Å²) >= 11 is 0. The zero-order valence-electron chi connectivity index (χ0n) is 12.6. The summed E-state index contributed by atoms with van der Waals surface area (Å²) in [6.45, 7) is 1.46. The normalized spacial score (nSPS) is 10.8. The van der Waals surface area contributed by atoms with Crippen LogP contribution in [0.15, 0.2) is 36.4 Å². The Morgan fingerprint density at radius 2 is 1.88 bits per heavy atom. The molecule has 4 N–H and O–H groups in total. The molecule has 0 fully saturated rings. The number of primary amides is 1. The summed E-state index contributed by atoms with van der Waals surface area (Å²) in [5, 5.41) is 2.78. The highest BCUT2D eigenvalue weighted by molar-refractivity contribution is 6.07. The van der Waals surface area contributed by atoms with E-state index in [4.69, 9.17) is 5.73 Å². The van der Waals surface area contributed by atoms with Crippen LogP contribution < -0.4 is 11.1 Å². The smallest absolute Gasteiger partial charge is 0.272 e. The third-order valence-electron chi connectivity index (χ3n) is 3.73. The van der Waals surface area contributed by atoms with E-state index in [0.717, 1.165) is 6.07 Å². The van der Waals surface area contributed by atoms with Crippen molar-refractivity contribution < 1.29 is 18.4 Å². The van der Waals surface area contributed by atoms with Gasteiger partial charge in [-0.05, 0) is 37.3 Å². The molecule has 2 aromatic carbocycles. The maximum Gasteiger partial charge on any atom is 0.272 e. The van der Waals surface area contributed by atoms with Crippen molar-refractivity contribution in [2.24, 2.45) is 5.73 Å². The van der Waals surface area contributed by atoms with E-state index >= 15 is 0 Å². The highest BCUT2D eigenvalue weighted by Gasteiger charge is 2.16. The van der Waals surface area contributed by atoms with Crippen molar-refractivity contribution >= 4 is 28.4 Å². The second-order valence-electron chi connectivity index (χ2n) is 5.33. The monoisotopic (exact) mass is 329 g/mol. The van der Waals surface area contributed by atoms with Crippen molar-refractivity contribution in [3.63, 3.8) is 0 Å². The average Bonchev–Trinajstić information content (AvgIpc) is 2.97. The first kappa shape index (κ1) is 15.7. The van der Waals surface area contributed by atoms with E-state index < -0.39 is 23.4 Å². The van der Waals surface area contributed by atoms with Crippen LogP contribution in [0.5, 0.6) is 0 Å². The van der Waals surface area contributed by atoms with Gasteiger partial charge in [0.25, 0.3) is 5.91 Å². The number of hydrogen-bond donors (Lipinski definition) is 3. The Morgan fingerprint density at radius 3 is 2.54 bits per heavy atom. The molecule has 5 nitrogen and oxygen atoms in total. The molecule has 0 aliphatic rings. The van der Waals surface area contributed by atoms with Crippen LogP contribution in [0.25, 0.3) is 10.9 Å². The summed E-state index contributed by atoms with van der Waals surface area (Å²) in [5.41, 5.74) is 5.94. The molecule has 7 heteroatoms. The predicted octanol–water partition coefficient (Wildman–Crippen LogP) is 3.11. The number of halogens is 2. The average molecular weight is 329 g/mol. The number of nitrogens with two attached hydrogens (primary N) is 1. The summed E-state index contributed by atoms with van der Waals surface area (Å²) in [5.74, 6) is -2.52. The topological polar surface area (TPSA) is 88.0 Å². The molecule has 0 unspecified atom stereocenters. The van der Waals surface area contributed by atoms with Crippen molar-refractivity contribution in [2.45, 2.75) is 6.92 Å². The number of benzene rings is 2. The van der Waals surface area contributed by atoms with Crippen molar-refractivity contribution in [3.8, 4) is 0 Å². The first-order valence-corrected chi connectivity index (χ1v) is 7.05. The number of carbonyl (C=O) groups is 2. The molecule has 0 aliphatic heterocycles. The summed E-state index contributed by atoms with van der Waals surface area (Å²) in [7, 11) is 0. The lowest BCUT2D eigenvalue weighted by atomic mass is 10.1. The van der Waals surface area contributed by atoms with Gasteiger partial charge in [0.2, 0.25) is 5.91 Å². The Hall–Kier alpha value is -3.22. The molecule has 24 heavy (non-hydrogen) atoms. The van der Waals surface area contributed by atoms with Gasteiger partial charge in [-0.2, -0.15) is 0 Å². The number of aromatic amines is 1. The highest BCUT2D eigenvalue weighted by Crippen LogP contribution is 2.23. The van der Waals surface area contributed by atoms with E-state index in [1.165, 1.54) is 31.2 Å². The lowest BCUT2D eigenvalue weighted by Gasteiger charge is -2.10. The fourth-order valence-corrected chi connectivity index (χ4v) is 2.38. The second kappa shape index (κ2) is 5.77. The minimum Gasteiger partial charge on any atom is -0.366 e. The first-order chi connectivity index (χ1) is 11.4. The maximum absolute atomic E-state index is 13.9. The van der Waals surface area contributed by atoms with E-state index in [-0.39, 0.29) is 27.9 Å². The van der Waals surface area contributed by atoms with Gasteiger partial charge in [0, 0.05) is 27.7 Å². The van der Waals surface area contributed by atoms with Crippen LogP contribution in [0.2, 0.25) is 0 Å². The molecule has 0 saturated carbocycles. The molecule has 0 radical (unpaired) electrons. The van der Waals surface area contributed by atoms with Gasteiger partial charge < -0.3 is 16.0 Å². The third-order valence-corrected chi connectivity index (χ3v) is 3.73. The van der Waals surface area contributed by atoms with Crippen molar-refractivity contribution in [1.82, 2.24) is 4.98 Å². The number of aromatic nitrogens is 1. The Bertz CT molecular complexity index is 979. The highest BCUT2D eigenvalue weighted by atomic mass is 19.1. The minimum absolute atomic E-state index is 0.0592. The van der Waals surface area contributed by atoms with Crippen LogP contribution in [0.4, 0.5) is 14.5 Å². The molecule has 0 aliphatic carbocycles. The van der Waals surface area contributed by atoms with Gasteiger partial charge in [-0.3, -0.25) is 9.59 Å². The quantitative estimate of drug-likeness (QED) is 0.689. The van der Waals surface area contributed by atoms with Gasteiger partial charge in [0.15, 0.2) is 0 Å². The summed E-state index contributed by atoms with van der Waals surface area (Å²) < 4.78 is 27.6. The molecule has 0 bridgehead atoms. The van der Waals surface area contributed by atoms with Gasteiger partial charge in [-0.15, -0.1) is 0 Å². The van der Waals surface area contributed by atoms with E-state index in [1.807, 2.05) is 0 Å². The van der Waals surface area contributed by atoms with Gasteiger partial charge in [-0.1, -0.05) is 6.07 Å². The standard InChI is InChI=1S/C17H13F2N3O2/c1-8-12(19)5-9(16(20)23)6-14(8)22-17(24)15-7-10-11(18)3-2-4-13(10)21-15/h2-7,21H,1H3,(H2,20,23)(H,22,24). The van der Waals surface area contributed by atoms with Crippen LogP contribution in [0.3, 0.4) is 0 Å². The number of rotatable bonds is 3. The van der Waals surface area contributed by atoms with E-state index in [2.05, 4.69) is 10.3 Å². The molecule has 1 heterocycles. The number of anilines is 1. The molecular formula is C17H13F2N3O2. The Kier molecular flexibility index (Phi) is 3.76. The molecule has 2 amide bonds. The summed E-state index contributed by atoms with van der Waals surface area (Å²) in [6.07, 6.45) is 0. The molecule has 0 saturated heterocycles. The van der Waals surface area contributed by atoms with Crippen molar-refractivity contribution in [3.05, 3.63) is 64.9 Å². The molecule has 122 valence electrons. The molecular weight excluding hydrogens is 316 g/mol. The lowest BCUT2D eigenvalue weighted by Crippen LogP contribution is -2.16. The van der Waals surface area contributed by atoms with Gasteiger partial charge >= 0.3 is 0 Å². The van der Waals surface area contributed by atoms with Crippen LogP contribution in [-0.2, 0) is 0 Å². The van der Waals surface area contributed by atoms with E-state index in [1.54, 1.807) is 6.07 Å². The molecule has 0 spiro atoms. The van der Waals surface area contributed by atoms with Gasteiger partial charge in [0.1, 0.15) is 17.3 Å². The fourth-order valence-electron chi connectivity index (χ4n) is 2.38. The van der Waals surface area contributed by atoms with E-state index in [9.17, 15) is 18.4 Å². The predicted molar refractivity (Wildman–Crippen MR) is 85.9 cm³/mol. The van der Waals surface area contributed by atoms with Gasteiger partial charge in [0.05, 0.1) is 0 Å². The Labute approximate surface area is 135 Å². The first-order valence-electron chi connectivity index (χ1n) is 7.05. The van der Waals surface area contributed by atoms with Crippen LogP contribution in [-0.4, -0.2) is 16.8 Å². The largest absolute Gasteiger partial charge is 0.366 e. The lowest BCUT2D eigenvalue weighted by molar-refractivity contribution is 0.0995. The number of amides is 2. The van der Waals surface area contributed by atoms with Crippen LogP contribution in [0, 0.1) is 18.6 Å². The SMILES string of the molecule is Cc1c(F)cc(C(N)=O)cc1NC(=O)c1cc2c(F)cccc2[nH]1. The zero-order chi connectivity index (χ0) is 17.4. The number of carbonyl (C=O) groups excluding carboxylic acids is 2. The molecule has 3 aromatic rings. The number of hydrogen-bond acceptors (Lipinski definition) is 2. The third kappa shape index (κ3) is 2.71. The summed E-state index contributed by atoms with van der Waals surface area (Å²) in [6, 6.07) is 8.10. The molecule has 0 atom stereocenters. The zero-order valence-corrected chi connectivity index (χ0v) is 12.6. The second-order valence-corrected chi connectivity index (χ2v) is 5.33. The van der Waals surface area contributed by atoms with Crippen molar-refractivity contribution in [2.75, 3.05) is 5.32 Å². The fraction of sp³-hybridized carbons (Fsp3) is 0.0588. The molecule has 3 rings (SSSR count). The van der Waals surface area contributed by atoms with E-state index in [0.29, 0.717) is 5.52 Å². The van der Waals surface area contributed by atoms with Gasteiger partial charge in [-0.25, -0.2) is 8.78 Å². The van der Waals surface area contributed by atoms with Crippen LogP contribution in [0.1, 0.15) is 26.4 Å². The van der Waals surface area contributed by atoms with Crippen LogP contribution >= 0.6 is 0 Å². The Balaban J connectivity index is 1.97. The summed E-state index contributed by atoms with van der Waals surface area (Å²) in [4.78, 5) is 26.3. The number of nitrogens with one attached hydrogen (secondary N) is 2. The maximum atomic E-state index is 13.9. The number of fused-ring (bicyclic) bond motifs is 1. The Morgan fingerprint density at radius 1 is 1.12 bits per heavy atom. The molecule has 1 aromatic heterocycles. The van der Waals surface area contributed by atoms with Crippen molar-refractivity contribution in [1.29, 1.82) is 0 Å². The number of H-pyrrole nitrogens is 1. The minimum atomic E-state index is -0.808.